The second kappa shape index (κ2) is 5.94. The fraction of sp³-hybridized carbons (Fsp3) is 0.167. The third-order valence-electron chi connectivity index (χ3n) is 3.66. The molecule has 0 saturated heterocycles. The Morgan fingerprint density at radius 2 is 1.90 bits per heavy atom. The van der Waals surface area contributed by atoms with Crippen LogP contribution in [0.25, 0.3) is 10.8 Å². The van der Waals surface area contributed by atoms with Crippen molar-refractivity contribution in [1.82, 2.24) is 4.98 Å². The molecule has 2 aromatic carbocycles. The Labute approximate surface area is 123 Å². The first-order valence-corrected chi connectivity index (χ1v) is 6.91. The molecule has 1 atom stereocenters. The van der Waals surface area contributed by atoms with Crippen LogP contribution in [-0.4, -0.2) is 17.2 Å². The molecule has 0 radical (unpaired) electrons. The van der Waals surface area contributed by atoms with Crippen molar-refractivity contribution in [3.63, 3.8) is 0 Å². The standard InChI is InChI=1S/C18H17NO2/c1-21-15-7-5-13(6-8-15)11-18(20)16-4-2-3-14-9-10-19-12-17(14)16/h2-10,12,18,20H,11H2,1H3. The van der Waals surface area contributed by atoms with Crippen molar-refractivity contribution in [1.29, 1.82) is 0 Å². The zero-order chi connectivity index (χ0) is 14.7. The van der Waals surface area contributed by atoms with E-state index in [0.717, 1.165) is 27.6 Å². The molecule has 0 aliphatic heterocycles. The number of methoxy groups -OCH3 is 1. The molecular formula is C18H17NO2. The highest BCUT2D eigenvalue weighted by atomic mass is 16.5. The lowest BCUT2D eigenvalue weighted by Crippen LogP contribution is -2.02. The highest BCUT2D eigenvalue weighted by Crippen LogP contribution is 2.26. The van der Waals surface area contributed by atoms with Gasteiger partial charge >= 0.3 is 0 Å². The Bertz CT molecular complexity index is 732. The highest BCUT2D eigenvalue weighted by Gasteiger charge is 2.12. The van der Waals surface area contributed by atoms with Crippen LogP contribution in [0, 0.1) is 0 Å². The Morgan fingerprint density at radius 3 is 2.67 bits per heavy atom. The molecule has 0 amide bonds. The molecule has 3 heteroatoms. The third kappa shape index (κ3) is 2.88. The van der Waals surface area contributed by atoms with Gasteiger partial charge in [-0.1, -0.05) is 30.3 Å². The molecule has 3 aromatic rings. The molecule has 21 heavy (non-hydrogen) atoms. The van der Waals surface area contributed by atoms with Crippen LogP contribution in [0.1, 0.15) is 17.2 Å². The van der Waals surface area contributed by atoms with Gasteiger partial charge in [0.2, 0.25) is 0 Å². The SMILES string of the molecule is COc1ccc(CC(O)c2cccc3ccncc23)cc1. The van der Waals surface area contributed by atoms with E-state index in [2.05, 4.69) is 4.98 Å². The predicted octanol–water partition coefficient (Wildman–Crippen LogP) is 3.52. The lowest BCUT2D eigenvalue weighted by atomic mass is 9.97. The third-order valence-corrected chi connectivity index (χ3v) is 3.66. The van der Waals surface area contributed by atoms with Gasteiger partial charge in [0.15, 0.2) is 0 Å². The lowest BCUT2D eigenvalue weighted by Gasteiger charge is -2.14. The van der Waals surface area contributed by atoms with Crippen LogP contribution in [0.15, 0.2) is 60.9 Å². The van der Waals surface area contributed by atoms with E-state index in [-0.39, 0.29) is 0 Å². The van der Waals surface area contributed by atoms with E-state index in [1.807, 2.05) is 54.7 Å². The number of nitrogens with zero attached hydrogens (tertiary/aromatic N) is 1. The fourth-order valence-electron chi connectivity index (χ4n) is 2.52. The van der Waals surface area contributed by atoms with Crippen LogP contribution in [-0.2, 0) is 6.42 Å². The largest absolute Gasteiger partial charge is 0.497 e. The number of benzene rings is 2. The average Bonchev–Trinajstić information content (AvgIpc) is 2.55. The molecule has 0 fully saturated rings. The van der Waals surface area contributed by atoms with E-state index in [1.54, 1.807) is 13.3 Å². The van der Waals surface area contributed by atoms with Gasteiger partial charge in [-0.15, -0.1) is 0 Å². The normalized spacial score (nSPS) is 12.3. The number of fused-ring (bicyclic) bond motifs is 1. The van der Waals surface area contributed by atoms with Crippen LogP contribution in [0.3, 0.4) is 0 Å². The summed E-state index contributed by atoms with van der Waals surface area (Å²) in [5.74, 6) is 0.822. The van der Waals surface area contributed by atoms with E-state index in [9.17, 15) is 5.11 Å². The van der Waals surface area contributed by atoms with Gasteiger partial charge in [0.05, 0.1) is 13.2 Å². The van der Waals surface area contributed by atoms with E-state index >= 15 is 0 Å². The number of pyridine rings is 1. The van der Waals surface area contributed by atoms with Crippen LogP contribution in [0.5, 0.6) is 5.75 Å². The molecule has 1 heterocycles. The Morgan fingerprint density at radius 1 is 1.10 bits per heavy atom. The number of aromatic nitrogens is 1. The first-order valence-electron chi connectivity index (χ1n) is 6.91. The van der Waals surface area contributed by atoms with E-state index < -0.39 is 6.10 Å². The van der Waals surface area contributed by atoms with Crippen molar-refractivity contribution in [3.05, 3.63) is 72.1 Å². The summed E-state index contributed by atoms with van der Waals surface area (Å²) >= 11 is 0. The first-order chi connectivity index (χ1) is 10.3. The summed E-state index contributed by atoms with van der Waals surface area (Å²) in [6.45, 7) is 0. The summed E-state index contributed by atoms with van der Waals surface area (Å²) in [5, 5.41) is 12.6. The highest BCUT2D eigenvalue weighted by molar-refractivity contribution is 5.85. The minimum absolute atomic E-state index is 0.550. The van der Waals surface area contributed by atoms with Crippen molar-refractivity contribution >= 4 is 10.8 Å². The van der Waals surface area contributed by atoms with Crippen LogP contribution >= 0.6 is 0 Å². The minimum atomic E-state index is -0.550. The van der Waals surface area contributed by atoms with Crippen LogP contribution in [0.4, 0.5) is 0 Å². The Kier molecular flexibility index (Phi) is 3.84. The summed E-state index contributed by atoms with van der Waals surface area (Å²) in [4.78, 5) is 4.16. The molecule has 1 aromatic heterocycles. The van der Waals surface area contributed by atoms with Gasteiger partial charge in [-0.3, -0.25) is 4.98 Å². The second-order valence-corrected chi connectivity index (χ2v) is 5.01. The second-order valence-electron chi connectivity index (χ2n) is 5.01. The average molecular weight is 279 g/mol. The van der Waals surface area contributed by atoms with Crippen LogP contribution < -0.4 is 4.74 Å². The Balaban J connectivity index is 1.88. The monoisotopic (exact) mass is 279 g/mol. The van der Waals surface area contributed by atoms with Crippen molar-refractivity contribution in [2.24, 2.45) is 0 Å². The maximum absolute atomic E-state index is 10.5. The fourth-order valence-corrected chi connectivity index (χ4v) is 2.52. The van der Waals surface area contributed by atoms with Crippen molar-refractivity contribution in [2.45, 2.75) is 12.5 Å². The molecule has 1 N–H and O–H groups in total. The topological polar surface area (TPSA) is 42.4 Å². The van der Waals surface area contributed by atoms with E-state index in [1.165, 1.54) is 0 Å². The minimum Gasteiger partial charge on any atom is -0.497 e. The predicted molar refractivity (Wildman–Crippen MR) is 83.4 cm³/mol. The molecule has 0 spiro atoms. The van der Waals surface area contributed by atoms with Gasteiger partial charge in [0, 0.05) is 24.2 Å². The zero-order valence-corrected chi connectivity index (χ0v) is 11.9. The Hall–Kier alpha value is -2.39. The zero-order valence-electron chi connectivity index (χ0n) is 11.9. The molecular weight excluding hydrogens is 262 g/mol. The number of hydrogen-bond donors (Lipinski definition) is 1. The quantitative estimate of drug-likeness (QED) is 0.794. The number of rotatable bonds is 4. The van der Waals surface area contributed by atoms with E-state index in [0.29, 0.717) is 6.42 Å². The first kappa shape index (κ1) is 13.6. The maximum atomic E-state index is 10.5. The number of hydrogen-bond acceptors (Lipinski definition) is 3. The van der Waals surface area contributed by atoms with Crippen molar-refractivity contribution < 1.29 is 9.84 Å². The lowest BCUT2D eigenvalue weighted by molar-refractivity contribution is 0.180. The van der Waals surface area contributed by atoms with Crippen LogP contribution in [0.2, 0.25) is 0 Å². The number of aliphatic hydroxyl groups excluding tert-OH is 1. The van der Waals surface area contributed by atoms with Gasteiger partial charge in [-0.2, -0.15) is 0 Å². The van der Waals surface area contributed by atoms with E-state index in [4.69, 9.17) is 4.74 Å². The summed E-state index contributed by atoms with van der Waals surface area (Å²) < 4.78 is 5.15. The molecule has 0 aliphatic rings. The molecule has 3 rings (SSSR count). The molecule has 106 valence electrons. The molecule has 0 saturated carbocycles. The van der Waals surface area contributed by atoms with Gasteiger partial charge in [0.25, 0.3) is 0 Å². The summed E-state index contributed by atoms with van der Waals surface area (Å²) in [7, 11) is 1.65. The van der Waals surface area contributed by atoms with Crippen molar-refractivity contribution in [2.75, 3.05) is 7.11 Å². The van der Waals surface area contributed by atoms with Gasteiger partial charge < -0.3 is 9.84 Å². The maximum Gasteiger partial charge on any atom is 0.118 e. The molecule has 1 unspecified atom stereocenters. The van der Waals surface area contributed by atoms with Gasteiger partial charge in [-0.05, 0) is 34.7 Å². The number of aliphatic hydroxyl groups is 1. The smallest absolute Gasteiger partial charge is 0.118 e. The number of ether oxygens (including phenoxy) is 1. The summed E-state index contributed by atoms with van der Waals surface area (Å²) in [5.41, 5.74) is 1.99. The van der Waals surface area contributed by atoms with Gasteiger partial charge in [-0.25, -0.2) is 0 Å². The molecule has 0 aliphatic carbocycles. The van der Waals surface area contributed by atoms with Gasteiger partial charge in [0.1, 0.15) is 5.75 Å². The molecule has 3 nitrogen and oxygen atoms in total. The molecule has 0 bridgehead atoms. The summed E-state index contributed by atoms with van der Waals surface area (Å²) in [6, 6.07) is 15.7. The summed E-state index contributed by atoms with van der Waals surface area (Å²) in [6.07, 6.45) is 3.59. The van der Waals surface area contributed by atoms with Crippen molar-refractivity contribution in [3.8, 4) is 5.75 Å².